The summed E-state index contributed by atoms with van der Waals surface area (Å²) in [6.07, 6.45) is 0.767. The molecule has 0 unspecified atom stereocenters. The largest absolute Gasteiger partial charge is 0.494 e. The molecule has 3 aromatic rings. The Bertz CT molecular complexity index is 1040. The van der Waals surface area contributed by atoms with Crippen LogP contribution < -0.4 is 9.64 Å². The van der Waals surface area contributed by atoms with E-state index in [2.05, 4.69) is 15.1 Å². The highest BCUT2D eigenvalue weighted by atomic mass is 19.1. The Morgan fingerprint density at radius 1 is 1.03 bits per heavy atom. The zero-order valence-corrected chi connectivity index (χ0v) is 16.6. The fourth-order valence-corrected chi connectivity index (χ4v) is 3.58. The Balaban J connectivity index is 1.43. The van der Waals surface area contributed by atoms with Crippen LogP contribution in [-0.4, -0.2) is 54.3 Å². The molecule has 1 aliphatic rings. The highest BCUT2D eigenvalue weighted by Crippen LogP contribution is 2.24. The molecule has 2 heterocycles. The number of ether oxygens (including phenoxy) is 1. The van der Waals surface area contributed by atoms with Gasteiger partial charge in [0.05, 0.1) is 12.8 Å². The molecule has 0 atom stereocenters. The number of methoxy groups -OCH3 is 1. The van der Waals surface area contributed by atoms with E-state index in [4.69, 9.17) is 4.74 Å². The lowest BCUT2D eigenvalue weighted by Gasteiger charge is -2.22. The zero-order valence-electron chi connectivity index (χ0n) is 16.6. The molecule has 0 radical (unpaired) electrons. The molecule has 0 spiro atoms. The molecule has 0 aliphatic carbocycles. The topological polar surface area (TPSA) is 61.5 Å². The van der Waals surface area contributed by atoms with E-state index in [1.807, 2.05) is 6.07 Å². The maximum atomic E-state index is 14.0. The first kappa shape index (κ1) is 19.9. The number of nitrogens with zero attached hydrogens (tertiary/aromatic N) is 3. The quantitative estimate of drug-likeness (QED) is 0.710. The minimum Gasteiger partial charge on any atom is -0.494 e. The van der Waals surface area contributed by atoms with Crippen molar-refractivity contribution >= 4 is 11.7 Å². The van der Waals surface area contributed by atoms with E-state index in [0.29, 0.717) is 25.2 Å². The Kier molecular flexibility index (Phi) is 5.65. The third-order valence-corrected chi connectivity index (χ3v) is 5.23. The molecule has 1 N–H and O–H groups in total. The molecule has 1 saturated heterocycles. The standard InChI is InChI=1S/C22H22F2N4O2/c1-30-20-8-5-16(13-18(20)24)22(29)28-10-2-9-27(11-12-28)21-14-19(25-26-21)15-3-6-17(23)7-4-15/h3-8,13-14H,2,9-12H2,1H3,(H,25,26). The number of aromatic nitrogens is 2. The van der Waals surface area contributed by atoms with Crippen LogP contribution in [0, 0.1) is 11.6 Å². The van der Waals surface area contributed by atoms with Gasteiger partial charge in [-0.25, -0.2) is 8.78 Å². The summed E-state index contributed by atoms with van der Waals surface area (Å²) in [4.78, 5) is 16.6. The predicted molar refractivity (Wildman–Crippen MR) is 110 cm³/mol. The smallest absolute Gasteiger partial charge is 0.254 e. The van der Waals surface area contributed by atoms with Crippen molar-refractivity contribution in [1.29, 1.82) is 0 Å². The lowest BCUT2D eigenvalue weighted by molar-refractivity contribution is 0.0766. The molecule has 2 aromatic carbocycles. The number of benzene rings is 2. The van der Waals surface area contributed by atoms with Gasteiger partial charge in [0.25, 0.3) is 5.91 Å². The second kappa shape index (κ2) is 8.52. The minimum atomic E-state index is -0.551. The summed E-state index contributed by atoms with van der Waals surface area (Å²) in [5, 5.41) is 7.37. The summed E-state index contributed by atoms with van der Waals surface area (Å²) in [5.41, 5.74) is 1.96. The van der Waals surface area contributed by atoms with Crippen molar-refractivity contribution < 1.29 is 18.3 Å². The number of aromatic amines is 1. The molecule has 0 bridgehead atoms. The van der Waals surface area contributed by atoms with Gasteiger partial charge in [-0.3, -0.25) is 9.89 Å². The summed E-state index contributed by atoms with van der Waals surface area (Å²) in [7, 11) is 1.39. The number of rotatable bonds is 4. The Hall–Kier alpha value is -3.42. The van der Waals surface area contributed by atoms with Crippen molar-refractivity contribution in [1.82, 2.24) is 15.1 Å². The van der Waals surface area contributed by atoms with Crippen molar-refractivity contribution in [2.75, 3.05) is 38.2 Å². The van der Waals surface area contributed by atoms with Gasteiger partial charge in [0, 0.05) is 37.8 Å². The van der Waals surface area contributed by atoms with Crippen molar-refractivity contribution in [2.45, 2.75) is 6.42 Å². The average molecular weight is 412 g/mol. The van der Waals surface area contributed by atoms with E-state index in [9.17, 15) is 13.6 Å². The first-order valence-corrected chi connectivity index (χ1v) is 9.74. The number of hydrogen-bond donors (Lipinski definition) is 1. The van der Waals surface area contributed by atoms with Crippen molar-refractivity contribution in [2.24, 2.45) is 0 Å². The SMILES string of the molecule is COc1ccc(C(=O)N2CCCN(c3cc(-c4ccc(F)cc4)[nH]n3)CC2)cc1F. The number of amides is 1. The number of H-pyrrole nitrogens is 1. The fourth-order valence-electron chi connectivity index (χ4n) is 3.58. The molecule has 1 aliphatic heterocycles. The molecule has 1 aromatic heterocycles. The summed E-state index contributed by atoms with van der Waals surface area (Å²) < 4.78 is 32.0. The van der Waals surface area contributed by atoms with Gasteiger partial charge < -0.3 is 14.5 Å². The highest BCUT2D eigenvalue weighted by Gasteiger charge is 2.22. The first-order valence-electron chi connectivity index (χ1n) is 9.74. The van der Waals surface area contributed by atoms with Gasteiger partial charge in [-0.05, 0) is 54.4 Å². The number of nitrogens with one attached hydrogen (secondary N) is 1. The maximum Gasteiger partial charge on any atom is 0.254 e. The van der Waals surface area contributed by atoms with Gasteiger partial charge in [0.15, 0.2) is 17.4 Å². The number of carbonyl (C=O) groups excluding carboxylic acids is 1. The Labute approximate surface area is 173 Å². The minimum absolute atomic E-state index is 0.115. The monoisotopic (exact) mass is 412 g/mol. The van der Waals surface area contributed by atoms with Gasteiger partial charge in [-0.15, -0.1) is 0 Å². The number of hydrogen-bond acceptors (Lipinski definition) is 4. The van der Waals surface area contributed by atoms with E-state index in [1.54, 1.807) is 23.1 Å². The maximum absolute atomic E-state index is 14.0. The van der Waals surface area contributed by atoms with Gasteiger partial charge in [0.1, 0.15) is 5.82 Å². The molecule has 156 valence electrons. The van der Waals surface area contributed by atoms with Crippen LogP contribution in [0.1, 0.15) is 16.8 Å². The van der Waals surface area contributed by atoms with Gasteiger partial charge in [-0.1, -0.05) is 0 Å². The highest BCUT2D eigenvalue weighted by molar-refractivity contribution is 5.94. The van der Waals surface area contributed by atoms with E-state index in [1.165, 1.54) is 31.4 Å². The van der Waals surface area contributed by atoms with E-state index in [0.717, 1.165) is 30.0 Å². The fraction of sp³-hybridized carbons (Fsp3) is 0.273. The number of carbonyl (C=O) groups is 1. The van der Waals surface area contributed by atoms with E-state index < -0.39 is 5.82 Å². The van der Waals surface area contributed by atoms with Crippen molar-refractivity contribution in [3.05, 3.63) is 65.7 Å². The summed E-state index contributed by atoms with van der Waals surface area (Å²) in [6, 6.07) is 12.4. The molecule has 8 heteroatoms. The third-order valence-electron chi connectivity index (χ3n) is 5.23. The van der Waals surface area contributed by atoms with Crippen LogP contribution in [-0.2, 0) is 0 Å². The van der Waals surface area contributed by atoms with Crippen molar-refractivity contribution in [3.8, 4) is 17.0 Å². The molecule has 1 amide bonds. The Morgan fingerprint density at radius 2 is 1.83 bits per heavy atom. The third kappa shape index (κ3) is 4.12. The van der Waals surface area contributed by atoms with Crippen LogP contribution in [0.2, 0.25) is 0 Å². The molecule has 1 fully saturated rings. The van der Waals surface area contributed by atoms with Crippen LogP contribution in [0.5, 0.6) is 5.75 Å². The molecule has 0 saturated carbocycles. The van der Waals surface area contributed by atoms with Crippen LogP contribution in [0.4, 0.5) is 14.6 Å². The molecular formula is C22H22F2N4O2. The van der Waals surface area contributed by atoms with Crippen LogP contribution in [0.15, 0.2) is 48.5 Å². The first-order chi connectivity index (χ1) is 14.5. The van der Waals surface area contributed by atoms with Gasteiger partial charge in [0.2, 0.25) is 0 Å². The molecule has 30 heavy (non-hydrogen) atoms. The molecule has 6 nitrogen and oxygen atoms in total. The zero-order chi connectivity index (χ0) is 21.1. The van der Waals surface area contributed by atoms with Crippen molar-refractivity contribution in [3.63, 3.8) is 0 Å². The van der Waals surface area contributed by atoms with Crippen LogP contribution in [0.3, 0.4) is 0 Å². The Morgan fingerprint density at radius 3 is 2.57 bits per heavy atom. The second-order valence-electron chi connectivity index (χ2n) is 7.13. The second-order valence-corrected chi connectivity index (χ2v) is 7.13. The van der Waals surface area contributed by atoms with Crippen LogP contribution in [0.25, 0.3) is 11.3 Å². The summed E-state index contributed by atoms with van der Waals surface area (Å²) >= 11 is 0. The summed E-state index contributed by atoms with van der Waals surface area (Å²) in [5.74, 6) is -0.146. The lowest BCUT2D eigenvalue weighted by atomic mass is 10.1. The van der Waals surface area contributed by atoms with E-state index >= 15 is 0 Å². The lowest BCUT2D eigenvalue weighted by Crippen LogP contribution is -2.35. The van der Waals surface area contributed by atoms with E-state index in [-0.39, 0.29) is 17.5 Å². The van der Waals surface area contributed by atoms with Gasteiger partial charge >= 0.3 is 0 Å². The normalized spacial score (nSPS) is 14.5. The number of halogens is 2. The predicted octanol–water partition coefficient (Wildman–Crippen LogP) is 3.72. The molecule has 4 rings (SSSR count). The molecular weight excluding hydrogens is 390 g/mol. The summed E-state index contributed by atoms with van der Waals surface area (Å²) in [6.45, 7) is 2.44. The average Bonchev–Trinajstić information content (AvgIpc) is 3.11. The number of anilines is 1. The van der Waals surface area contributed by atoms with Crippen LogP contribution >= 0.6 is 0 Å². The van der Waals surface area contributed by atoms with Gasteiger partial charge in [-0.2, -0.15) is 5.10 Å².